The molecule has 6 N–H and O–H groups in total. The highest BCUT2D eigenvalue weighted by Crippen LogP contribution is 2.45. The molecular weight excluding hydrogens is 548 g/mol. The van der Waals surface area contributed by atoms with Crippen molar-refractivity contribution in [2.24, 2.45) is 0 Å². The van der Waals surface area contributed by atoms with Crippen LogP contribution in [0.1, 0.15) is 51.4 Å². The second kappa shape index (κ2) is 14.1. The SMILES string of the molecule is COc1cc(O)c([C@@H](/C=C/C[C@H](O)CCc2ccc(O)cc2)c2ccc(O)cc2)c(O)c1C(=O)/C=C/c1ccc(O)cc1. The van der Waals surface area contributed by atoms with E-state index in [1.54, 1.807) is 60.7 Å². The number of aliphatic hydroxyl groups excluding tert-OH is 1. The second-order valence-electron chi connectivity index (χ2n) is 10.1. The van der Waals surface area contributed by atoms with E-state index < -0.39 is 23.6 Å². The van der Waals surface area contributed by atoms with Crippen LogP contribution in [0.4, 0.5) is 0 Å². The summed E-state index contributed by atoms with van der Waals surface area (Å²) in [6.07, 6.45) is 6.96. The number of ether oxygens (including phenoxy) is 1. The van der Waals surface area contributed by atoms with Crippen LogP contribution in [-0.2, 0) is 6.42 Å². The molecule has 0 aliphatic heterocycles. The first-order valence-electron chi connectivity index (χ1n) is 13.7. The minimum absolute atomic E-state index is 0.0165. The molecule has 0 amide bonds. The lowest BCUT2D eigenvalue weighted by Crippen LogP contribution is -2.08. The number of carbonyl (C=O) groups excluding carboxylic acids is 1. The Labute approximate surface area is 249 Å². The van der Waals surface area contributed by atoms with Gasteiger partial charge in [0.15, 0.2) is 5.78 Å². The highest BCUT2D eigenvalue weighted by molar-refractivity contribution is 6.11. The smallest absolute Gasteiger partial charge is 0.193 e. The van der Waals surface area contributed by atoms with Gasteiger partial charge in [-0.05, 0) is 78.4 Å². The van der Waals surface area contributed by atoms with Gasteiger partial charge < -0.3 is 35.4 Å². The summed E-state index contributed by atoms with van der Waals surface area (Å²) in [4.78, 5) is 13.3. The van der Waals surface area contributed by atoms with Crippen LogP contribution in [0.25, 0.3) is 6.08 Å². The fourth-order valence-corrected chi connectivity index (χ4v) is 4.73. The van der Waals surface area contributed by atoms with E-state index in [2.05, 4.69) is 0 Å². The number of rotatable bonds is 12. The van der Waals surface area contributed by atoms with Crippen molar-refractivity contribution in [1.29, 1.82) is 0 Å². The van der Waals surface area contributed by atoms with E-state index in [-0.39, 0.29) is 46.3 Å². The maximum atomic E-state index is 13.3. The third-order valence-electron chi connectivity index (χ3n) is 7.07. The van der Waals surface area contributed by atoms with E-state index in [9.17, 15) is 35.4 Å². The maximum Gasteiger partial charge on any atom is 0.193 e. The molecule has 4 rings (SSSR count). The van der Waals surface area contributed by atoms with Crippen LogP contribution in [-0.4, -0.2) is 49.6 Å². The molecule has 0 aromatic heterocycles. The number of aliphatic hydroxyl groups is 1. The molecule has 0 spiro atoms. The topological polar surface area (TPSA) is 148 Å². The predicted octanol–water partition coefficient (Wildman–Crippen LogP) is 6.19. The van der Waals surface area contributed by atoms with Gasteiger partial charge in [0, 0.05) is 17.5 Å². The van der Waals surface area contributed by atoms with Crippen molar-refractivity contribution in [3.05, 3.63) is 125 Å². The Morgan fingerprint density at radius 2 is 1.42 bits per heavy atom. The number of phenolic OH excluding ortho intramolecular Hbond substituents is 5. The molecule has 0 radical (unpaired) electrons. The minimum atomic E-state index is -0.747. The molecule has 0 fully saturated rings. The third-order valence-corrected chi connectivity index (χ3v) is 7.07. The van der Waals surface area contributed by atoms with Crippen molar-refractivity contribution in [2.45, 2.75) is 31.3 Å². The molecule has 8 nitrogen and oxygen atoms in total. The van der Waals surface area contributed by atoms with E-state index in [0.29, 0.717) is 24.0 Å². The minimum Gasteiger partial charge on any atom is -0.508 e. The average molecular weight is 583 g/mol. The highest BCUT2D eigenvalue weighted by Gasteiger charge is 2.27. The number of methoxy groups -OCH3 is 1. The Hall–Kier alpha value is -5.21. The molecule has 2 atom stereocenters. The molecule has 0 heterocycles. The Balaban J connectivity index is 1.64. The first-order valence-corrected chi connectivity index (χ1v) is 13.7. The van der Waals surface area contributed by atoms with E-state index >= 15 is 0 Å². The van der Waals surface area contributed by atoms with Crippen LogP contribution in [0.3, 0.4) is 0 Å². The quantitative estimate of drug-likeness (QED) is 0.0658. The summed E-state index contributed by atoms with van der Waals surface area (Å²) >= 11 is 0. The summed E-state index contributed by atoms with van der Waals surface area (Å²) in [5, 5.41) is 61.9. The molecule has 8 heteroatoms. The van der Waals surface area contributed by atoms with Gasteiger partial charge in [-0.2, -0.15) is 0 Å². The van der Waals surface area contributed by atoms with Crippen LogP contribution >= 0.6 is 0 Å². The zero-order chi connectivity index (χ0) is 30.9. The van der Waals surface area contributed by atoms with Crippen molar-refractivity contribution >= 4 is 11.9 Å². The molecule has 0 unspecified atom stereocenters. The van der Waals surface area contributed by atoms with Gasteiger partial charge in [0.25, 0.3) is 0 Å². The molecule has 222 valence electrons. The summed E-state index contributed by atoms with van der Waals surface area (Å²) in [6.45, 7) is 0. The first kappa shape index (κ1) is 30.7. The normalized spacial score (nSPS) is 12.9. The fraction of sp³-hybridized carbons (Fsp3) is 0.171. The fourth-order valence-electron chi connectivity index (χ4n) is 4.73. The van der Waals surface area contributed by atoms with E-state index in [1.165, 1.54) is 49.6 Å². The summed E-state index contributed by atoms with van der Waals surface area (Å²) in [5.41, 5.74) is 2.16. The van der Waals surface area contributed by atoms with Gasteiger partial charge in [-0.25, -0.2) is 0 Å². The van der Waals surface area contributed by atoms with Gasteiger partial charge in [-0.15, -0.1) is 0 Å². The van der Waals surface area contributed by atoms with Gasteiger partial charge in [0.2, 0.25) is 0 Å². The summed E-state index contributed by atoms with van der Waals surface area (Å²) in [6, 6.07) is 20.5. The number of benzene rings is 4. The Morgan fingerprint density at radius 3 is 2.02 bits per heavy atom. The molecule has 0 bridgehead atoms. The van der Waals surface area contributed by atoms with Gasteiger partial charge in [-0.1, -0.05) is 54.6 Å². The van der Waals surface area contributed by atoms with Crippen LogP contribution in [0.2, 0.25) is 0 Å². The Morgan fingerprint density at radius 1 is 0.837 bits per heavy atom. The molecule has 4 aromatic rings. The van der Waals surface area contributed by atoms with E-state index in [4.69, 9.17) is 4.74 Å². The van der Waals surface area contributed by atoms with Crippen LogP contribution in [0.15, 0.2) is 97.1 Å². The molecule has 0 saturated heterocycles. The predicted molar refractivity (Wildman–Crippen MR) is 164 cm³/mol. The summed E-state index contributed by atoms with van der Waals surface area (Å²) < 4.78 is 5.33. The van der Waals surface area contributed by atoms with Gasteiger partial charge in [-0.3, -0.25) is 4.79 Å². The van der Waals surface area contributed by atoms with Crippen molar-refractivity contribution in [3.8, 4) is 34.5 Å². The summed E-state index contributed by atoms with van der Waals surface area (Å²) in [5.74, 6) is -1.80. The lowest BCUT2D eigenvalue weighted by Gasteiger charge is -2.20. The monoisotopic (exact) mass is 582 g/mol. The molecular formula is C35H34O8. The second-order valence-corrected chi connectivity index (χ2v) is 10.1. The Kier molecular flexibility index (Phi) is 10.1. The summed E-state index contributed by atoms with van der Waals surface area (Å²) in [7, 11) is 1.32. The van der Waals surface area contributed by atoms with E-state index in [1.807, 2.05) is 0 Å². The molecule has 43 heavy (non-hydrogen) atoms. The lowest BCUT2D eigenvalue weighted by molar-refractivity contribution is 0.104. The van der Waals surface area contributed by atoms with Crippen molar-refractivity contribution in [1.82, 2.24) is 0 Å². The van der Waals surface area contributed by atoms with Crippen LogP contribution in [0, 0.1) is 0 Å². The number of aromatic hydroxyl groups is 5. The number of phenols is 5. The Bertz CT molecular complexity index is 1590. The van der Waals surface area contributed by atoms with Crippen LogP contribution in [0.5, 0.6) is 34.5 Å². The zero-order valence-corrected chi connectivity index (χ0v) is 23.6. The number of aryl methyl sites for hydroxylation is 1. The molecule has 0 aliphatic rings. The number of ketones is 1. The maximum absolute atomic E-state index is 13.3. The van der Waals surface area contributed by atoms with Crippen molar-refractivity contribution < 1.29 is 40.2 Å². The lowest BCUT2D eigenvalue weighted by atomic mass is 9.86. The van der Waals surface area contributed by atoms with Gasteiger partial charge in [0.1, 0.15) is 40.1 Å². The number of hydrogen-bond acceptors (Lipinski definition) is 8. The zero-order valence-electron chi connectivity index (χ0n) is 23.6. The van der Waals surface area contributed by atoms with Gasteiger partial charge >= 0.3 is 0 Å². The van der Waals surface area contributed by atoms with Crippen LogP contribution < -0.4 is 4.74 Å². The first-order chi connectivity index (χ1) is 20.7. The number of hydrogen-bond donors (Lipinski definition) is 6. The molecule has 0 aliphatic carbocycles. The van der Waals surface area contributed by atoms with Gasteiger partial charge in [0.05, 0.1) is 13.2 Å². The van der Waals surface area contributed by atoms with Crippen molar-refractivity contribution in [2.75, 3.05) is 7.11 Å². The molecule has 0 saturated carbocycles. The number of allylic oxidation sites excluding steroid dienone is 2. The highest BCUT2D eigenvalue weighted by atomic mass is 16.5. The largest absolute Gasteiger partial charge is 0.508 e. The van der Waals surface area contributed by atoms with E-state index in [0.717, 1.165) is 5.56 Å². The standard InChI is InChI=1S/C35H34O8/c1-43-32-21-31(41)33(35(42)34(32)30(40)20-10-23-8-16-27(38)17-9-23)29(24-11-18-28(39)19-12-24)4-2-3-25(36)13-5-22-6-14-26(37)15-7-22/h2,4,6-12,14-21,25,29,36-39,41-42H,3,5,13H2,1H3/b4-2+,20-10+/t25-,29-/m0/s1. The average Bonchev–Trinajstić information content (AvgIpc) is 2.99. The number of carbonyl (C=O) groups is 1. The third kappa shape index (κ3) is 7.96. The molecule has 4 aromatic carbocycles. The van der Waals surface area contributed by atoms with Crippen molar-refractivity contribution in [3.63, 3.8) is 0 Å².